The predicted molar refractivity (Wildman–Crippen MR) is 125 cm³/mol. The van der Waals surface area contributed by atoms with Crippen LogP contribution in [0.1, 0.15) is 36.1 Å². The van der Waals surface area contributed by atoms with Gasteiger partial charge in [-0.2, -0.15) is 0 Å². The van der Waals surface area contributed by atoms with Crippen molar-refractivity contribution in [3.05, 3.63) is 64.7 Å². The lowest BCUT2D eigenvalue weighted by Crippen LogP contribution is -2.32. The van der Waals surface area contributed by atoms with Crippen molar-refractivity contribution < 1.29 is 24.2 Å². The van der Waals surface area contributed by atoms with Gasteiger partial charge >= 0.3 is 0 Å². The van der Waals surface area contributed by atoms with Gasteiger partial charge in [0.05, 0.1) is 18.7 Å². The number of nitrogens with zero attached hydrogens (tertiary/aromatic N) is 2. The summed E-state index contributed by atoms with van der Waals surface area (Å²) >= 11 is 0. The molecule has 7 nitrogen and oxygen atoms in total. The molecule has 1 N–H and O–H groups in total. The fourth-order valence-electron chi connectivity index (χ4n) is 4.53. The summed E-state index contributed by atoms with van der Waals surface area (Å²) in [5.74, 6) is 0.0510. The minimum absolute atomic E-state index is 0.0685. The summed E-state index contributed by atoms with van der Waals surface area (Å²) in [5.41, 5.74) is 2.35. The van der Waals surface area contributed by atoms with Gasteiger partial charge in [0.25, 0.3) is 11.7 Å². The van der Waals surface area contributed by atoms with Crippen molar-refractivity contribution in [3.63, 3.8) is 0 Å². The number of aliphatic hydroxyl groups excluding tert-OH is 1. The molecule has 4 rings (SSSR count). The summed E-state index contributed by atoms with van der Waals surface area (Å²) in [6, 6.07) is 12.0. The van der Waals surface area contributed by atoms with Crippen LogP contribution < -0.4 is 9.47 Å². The Hall–Kier alpha value is -3.32. The second-order valence-electron chi connectivity index (χ2n) is 8.88. The zero-order valence-electron chi connectivity index (χ0n) is 19.5. The summed E-state index contributed by atoms with van der Waals surface area (Å²) in [7, 11) is 5.52. The quantitative estimate of drug-likeness (QED) is 0.396. The van der Waals surface area contributed by atoms with Gasteiger partial charge in [0.2, 0.25) is 0 Å². The number of Topliss-reactive ketones (excluding diaryl/α,β-unsaturated/α-hetero) is 1. The Labute approximate surface area is 194 Å². The molecule has 2 aliphatic rings. The van der Waals surface area contributed by atoms with E-state index in [1.165, 1.54) is 0 Å². The first-order chi connectivity index (χ1) is 15.8. The molecule has 2 atom stereocenters. The molecule has 1 saturated heterocycles. The molecule has 2 aromatic rings. The Kier molecular flexibility index (Phi) is 6.42. The number of amides is 1. The van der Waals surface area contributed by atoms with Crippen LogP contribution in [0, 0.1) is 0 Å². The molecular formula is C26H30N2O5. The number of fused-ring (bicyclic) bond motifs is 1. The zero-order valence-corrected chi connectivity index (χ0v) is 19.5. The predicted octanol–water partition coefficient (Wildman–Crippen LogP) is 3.39. The van der Waals surface area contributed by atoms with Gasteiger partial charge < -0.3 is 24.4 Å². The number of ether oxygens (including phenoxy) is 2. The van der Waals surface area contributed by atoms with Gasteiger partial charge in [0, 0.05) is 18.5 Å². The Morgan fingerprint density at radius 2 is 1.91 bits per heavy atom. The number of methoxy groups -OCH3 is 1. The van der Waals surface area contributed by atoms with E-state index in [9.17, 15) is 14.7 Å². The van der Waals surface area contributed by atoms with Gasteiger partial charge in [0.15, 0.2) is 0 Å². The fraction of sp³-hybridized carbons (Fsp3) is 0.385. The average Bonchev–Trinajstić information content (AvgIpc) is 3.29. The standard InChI is InChI=1S/C26H30N2O5/c1-16-14-19-15-18(8-11-21(19)33-16)24(29)22-23(17-6-9-20(32-4)10-7-17)28(26(31)25(22)30)13-5-12-27(2)3/h6-11,15-16,23,29H,5,12-14H2,1-4H3/b24-22+/t16-,23-/m1/s1. The first kappa shape index (κ1) is 22.9. The van der Waals surface area contributed by atoms with E-state index < -0.39 is 17.7 Å². The Balaban J connectivity index is 1.77. The summed E-state index contributed by atoms with van der Waals surface area (Å²) in [6.07, 6.45) is 1.51. The van der Waals surface area contributed by atoms with Crippen molar-refractivity contribution in [1.29, 1.82) is 0 Å². The van der Waals surface area contributed by atoms with Crippen LogP contribution in [-0.2, 0) is 16.0 Å². The monoisotopic (exact) mass is 450 g/mol. The Bertz CT molecular complexity index is 1090. The first-order valence-electron chi connectivity index (χ1n) is 11.2. The molecule has 0 aromatic heterocycles. The van der Waals surface area contributed by atoms with Crippen LogP contribution in [0.3, 0.4) is 0 Å². The maximum atomic E-state index is 13.2. The van der Waals surface area contributed by atoms with Gasteiger partial charge in [-0.15, -0.1) is 0 Å². The van der Waals surface area contributed by atoms with Crippen molar-refractivity contribution in [2.75, 3.05) is 34.3 Å². The molecule has 0 unspecified atom stereocenters. The van der Waals surface area contributed by atoms with Crippen LogP contribution in [0.5, 0.6) is 11.5 Å². The lowest BCUT2D eigenvalue weighted by atomic mass is 9.94. The maximum Gasteiger partial charge on any atom is 0.295 e. The highest BCUT2D eigenvalue weighted by atomic mass is 16.5. The van der Waals surface area contributed by atoms with Crippen LogP contribution in [0.25, 0.3) is 5.76 Å². The highest BCUT2D eigenvalue weighted by Gasteiger charge is 2.45. The van der Waals surface area contributed by atoms with Crippen molar-refractivity contribution in [3.8, 4) is 11.5 Å². The topological polar surface area (TPSA) is 79.3 Å². The van der Waals surface area contributed by atoms with Gasteiger partial charge in [-0.3, -0.25) is 9.59 Å². The fourth-order valence-corrected chi connectivity index (χ4v) is 4.53. The third-order valence-electron chi connectivity index (χ3n) is 6.15. The highest BCUT2D eigenvalue weighted by Crippen LogP contribution is 2.41. The Morgan fingerprint density at radius 3 is 2.58 bits per heavy atom. The maximum absolute atomic E-state index is 13.2. The van der Waals surface area contributed by atoms with E-state index in [1.54, 1.807) is 30.2 Å². The minimum atomic E-state index is -0.665. The van der Waals surface area contributed by atoms with Crippen LogP contribution in [0.2, 0.25) is 0 Å². The molecule has 174 valence electrons. The SMILES string of the molecule is COc1ccc([C@@H]2/C(=C(\O)c3ccc4c(c3)C[C@@H](C)O4)C(=O)C(=O)N2CCCN(C)C)cc1. The second-order valence-corrected chi connectivity index (χ2v) is 8.88. The molecule has 0 saturated carbocycles. The smallest absolute Gasteiger partial charge is 0.295 e. The number of hydrogen-bond acceptors (Lipinski definition) is 6. The van der Waals surface area contributed by atoms with E-state index in [0.717, 1.165) is 29.8 Å². The van der Waals surface area contributed by atoms with E-state index in [0.29, 0.717) is 24.3 Å². The molecular weight excluding hydrogens is 420 g/mol. The molecule has 1 fully saturated rings. The van der Waals surface area contributed by atoms with E-state index >= 15 is 0 Å². The number of benzene rings is 2. The molecule has 2 aromatic carbocycles. The number of rotatable bonds is 7. The average molecular weight is 451 g/mol. The van der Waals surface area contributed by atoms with Gasteiger partial charge in [-0.25, -0.2) is 0 Å². The summed E-state index contributed by atoms with van der Waals surface area (Å²) in [4.78, 5) is 29.8. The molecule has 0 bridgehead atoms. The number of aliphatic hydroxyl groups is 1. The number of likely N-dealkylation sites (tertiary alicyclic amines) is 1. The lowest BCUT2D eigenvalue weighted by Gasteiger charge is -2.26. The number of hydrogen-bond donors (Lipinski definition) is 1. The highest BCUT2D eigenvalue weighted by molar-refractivity contribution is 6.46. The van der Waals surface area contributed by atoms with Gasteiger partial charge in [0.1, 0.15) is 23.4 Å². The lowest BCUT2D eigenvalue weighted by molar-refractivity contribution is -0.139. The van der Waals surface area contributed by atoms with E-state index in [2.05, 4.69) is 0 Å². The van der Waals surface area contributed by atoms with Crippen LogP contribution in [0.4, 0.5) is 0 Å². The molecule has 0 spiro atoms. The van der Waals surface area contributed by atoms with E-state index in [-0.39, 0.29) is 17.4 Å². The van der Waals surface area contributed by atoms with Crippen LogP contribution in [-0.4, -0.2) is 67.0 Å². The summed E-state index contributed by atoms with van der Waals surface area (Å²) in [6.45, 7) is 3.18. The van der Waals surface area contributed by atoms with Crippen LogP contribution in [0.15, 0.2) is 48.0 Å². The van der Waals surface area contributed by atoms with E-state index in [1.807, 2.05) is 50.2 Å². The third-order valence-corrected chi connectivity index (χ3v) is 6.15. The van der Waals surface area contributed by atoms with Crippen molar-refractivity contribution >= 4 is 17.4 Å². The van der Waals surface area contributed by atoms with Gasteiger partial charge in [-0.1, -0.05) is 12.1 Å². The Morgan fingerprint density at radius 1 is 1.18 bits per heavy atom. The number of carbonyl (C=O) groups is 2. The molecule has 0 aliphatic carbocycles. The third kappa shape index (κ3) is 4.46. The molecule has 0 radical (unpaired) electrons. The number of carbonyl (C=O) groups excluding carboxylic acids is 2. The molecule has 2 heterocycles. The second kappa shape index (κ2) is 9.27. The molecule has 2 aliphatic heterocycles. The van der Waals surface area contributed by atoms with Crippen molar-refractivity contribution in [2.24, 2.45) is 0 Å². The van der Waals surface area contributed by atoms with Crippen molar-refractivity contribution in [2.45, 2.75) is 31.9 Å². The molecule has 7 heteroatoms. The van der Waals surface area contributed by atoms with Crippen LogP contribution >= 0.6 is 0 Å². The normalized spacial score (nSPS) is 21.4. The van der Waals surface area contributed by atoms with Gasteiger partial charge in [-0.05, 0) is 75.4 Å². The molecule has 33 heavy (non-hydrogen) atoms. The zero-order chi connectivity index (χ0) is 23.7. The van der Waals surface area contributed by atoms with E-state index in [4.69, 9.17) is 9.47 Å². The van der Waals surface area contributed by atoms with Crippen molar-refractivity contribution in [1.82, 2.24) is 9.80 Å². The largest absolute Gasteiger partial charge is 0.507 e. The first-order valence-corrected chi connectivity index (χ1v) is 11.2. The minimum Gasteiger partial charge on any atom is -0.507 e. The summed E-state index contributed by atoms with van der Waals surface area (Å²) < 4.78 is 11.0. The molecule has 1 amide bonds. The number of ketones is 1. The summed E-state index contributed by atoms with van der Waals surface area (Å²) in [5, 5.41) is 11.3.